The molecule has 11 heteroatoms. The molecule has 1 unspecified atom stereocenters. The molecule has 1 aromatic heterocycles. The molecule has 1 fully saturated rings. The minimum absolute atomic E-state index is 0.0140. The van der Waals surface area contributed by atoms with Crippen LogP contribution in [0.2, 0.25) is 0 Å². The second-order valence-electron chi connectivity index (χ2n) is 8.12. The minimum atomic E-state index is -4.15. The third-order valence-electron chi connectivity index (χ3n) is 5.72. The molecule has 3 rings (SSSR count). The molecule has 1 aromatic carbocycles. The van der Waals surface area contributed by atoms with E-state index in [4.69, 9.17) is 14.2 Å². The fourth-order valence-corrected chi connectivity index (χ4v) is 5.60. The number of ketones is 1. The van der Waals surface area contributed by atoms with Crippen molar-refractivity contribution in [3.8, 4) is 0 Å². The molecule has 0 spiro atoms. The normalized spacial score (nSPS) is 15.8. The Bertz CT molecular complexity index is 1170. The highest BCUT2D eigenvalue weighted by Crippen LogP contribution is 2.23. The van der Waals surface area contributed by atoms with Gasteiger partial charge in [0.05, 0.1) is 31.4 Å². The molecule has 1 saturated heterocycles. The van der Waals surface area contributed by atoms with E-state index < -0.39 is 39.1 Å². The predicted octanol–water partition coefficient (Wildman–Crippen LogP) is 2.51. The molecule has 34 heavy (non-hydrogen) atoms. The standard InChI is InChI=1S/C23H29FN2O7S/c1-15-11-19(17(3)26(15)16(2)13-31-4)21(27)14-33-23(28)18-5-6-20(24)22(12-18)34(29,30)25-7-9-32-10-8-25/h5-6,11-12,16H,7-10,13-14H2,1-4H3. The first-order valence-electron chi connectivity index (χ1n) is 10.8. The molecule has 1 atom stereocenters. The summed E-state index contributed by atoms with van der Waals surface area (Å²) in [5, 5.41) is 0. The summed E-state index contributed by atoms with van der Waals surface area (Å²) in [7, 11) is -2.55. The molecule has 0 radical (unpaired) electrons. The van der Waals surface area contributed by atoms with Crippen LogP contribution in [0.25, 0.3) is 0 Å². The Morgan fingerprint density at radius 3 is 2.50 bits per heavy atom. The van der Waals surface area contributed by atoms with Crippen LogP contribution in [0, 0.1) is 19.7 Å². The zero-order valence-electron chi connectivity index (χ0n) is 19.7. The highest BCUT2D eigenvalue weighted by Gasteiger charge is 2.30. The van der Waals surface area contributed by atoms with E-state index in [0.717, 1.165) is 33.9 Å². The monoisotopic (exact) mass is 496 g/mol. The summed E-state index contributed by atoms with van der Waals surface area (Å²) in [6, 6.07) is 4.70. The first kappa shape index (κ1) is 26.0. The number of sulfonamides is 1. The van der Waals surface area contributed by atoms with E-state index in [1.54, 1.807) is 20.1 Å². The number of rotatable bonds is 9. The predicted molar refractivity (Wildman–Crippen MR) is 121 cm³/mol. The van der Waals surface area contributed by atoms with Gasteiger partial charge >= 0.3 is 5.97 Å². The average molecular weight is 497 g/mol. The summed E-state index contributed by atoms with van der Waals surface area (Å²) in [5.41, 5.74) is 1.85. The first-order valence-corrected chi connectivity index (χ1v) is 12.3. The van der Waals surface area contributed by atoms with Crippen LogP contribution in [0.15, 0.2) is 29.2 Å². The quantitative estimate of drug-likeness (QED) is 0.388. The van der Waals surface area contributed by atoms with Crippen LogP contribution < -0.4 is 0 Å². The Labute approximate surface area is 198 Å². The molecule has 0 amide bonds. The van der Waals surface area contributed by atoms with Crippen molar-refractivity contribution < 1.29 is 36.6 Å². The maximum absolute atomic E-state index is 14.4. The molecular weight excluding hydrogens is 467 g/mol. The number of carbonyl (C=O) groups is 2. The van der Waals surface area contributed by atoms with Gasteiger partial charge in [-0.05, 0) is 45.0 Å². The molecule has 2 heterocycles. The van der Waals surface area contributed by atoms with Gasteiger partial charge in [0.15, 0.2) is 6.61 Å². The molecule has 0 saturated carbocycles. The second kappa shape index (κ2) is 10.8. The number of ether oxygens (including phenoxy) is 3. The molecule has 2 aromatic rings. The second-order valence-corrected chi connectivity index (χ2v) is 10.0. The Morgan fingerprint density at radius 2 is 1.85 bits per heavy atom. The summed E-state index contributed by atoms with van der Waals surface area (Å²) in [5.74, 6) is -2.30. The lowest BCUT2D eigenvalue weighted by molar-refractivity contribution is 0.0474. The molecule has 186 valence electrons. The zero-order valence-corrected chi connectivity index (χ0v) is 20.5. The van der Waals surface area contributed by atoms with E-state index in [1.807, 2.05) is 18.4 Å². The number of benzene rings is 1. The van der Waals surface area contributed by atoms with Crippen LogP contribution >= 0.6 is 0 Å². The molecule has 9 nitrogen and oxygen atoms in total. The van der Waals surface area contributed by atoms with Crippen LogP contribution in [0.3, 0.4) is 0 Å². The van der Waals surface area contributed by atoms with Crippen LogP contribution in [0.5, 0.6) is 0 Å². The third-order valence-corrected chi connectivity index (χ3v) is 7.64. The van der Waals surface area contributed by atoms with Crippen LogP contribution in [0.1, 0.15) is 45.1 Å². The number of aryl methyl sites for hydroxylation is 1. The SMILES string of the molecule is COCC(C)n1c(C)cc(C(=O)COC(=O)c2ccc(F)c(S(=O)(=O)N3CCOCC3)c2)c1C. The van der Waals surface area contributed by atoms with E-state index >= 15 is 0 Å². The van der Waals surface area contributed by atoms with Gasteiger partial charge in [-0.3, -0.25) is 4.79 Å². The van der Waals surface area contributed by atoms with Crippen molar-refractivity contribution in [1.29, 1.82) is 0 Å². The van der Waals surface area contributed by atoms with Crippen molar-refractivity contribution >= 4 is 21.8 Å². The van der Waals surface area contributed by atoms with Gasteiger partial charge in [0.25, 0.3) is 0 Å². The Hall–Kier alpha value is -2.60. The Morgan fingerprint density at radius 1 is 1.18 bits per heavy atom. The van der Waals surface area contributed by atoms with E-state index in [9.17, 15) is 22.4 Å². The van der Waals surface area contributed by atoms with Gasteiger partial charge in [0, 0.05) is 37.2 Å². The maximum atomic E-state index is 14.4. The molecule has 0 bridgehead atoms. The molecule has 1 aliphatic heterocycles. The van der Waals surface area contributed by atoms with Gasteiger partial charge in [-0.1, -0.05) is 0 Å². The number of esters is 1. The Kier molecular flexibility index (Phi) is 8.24. The van der Waals surface area contributed by atoms with Gasteiger partial charge in [-0.15, -0.1) is 0 Å². The number of hydrogen-bond acceptors (Lipinski definition) is 7. The topological polar surface area (TPSA) is 104 Å². The van der Waals surface area contributed by atoms with Crippen molar-refractivity contribution in [3.63, 3.8) is 0 Å². The number of halogens is 1. The van der Waals surface area contributed by atoms with Crippen LogP contribution in [-0.2, 0) is 24.2 Å². The summed E-state index contributed by atoms with van der Waals surface area (Å²) in [6.07, 6.45) is 0. The van der Waals surface area contributed by atoms with E-state index in [0.29, 0.717) is 12.2 Å². The van der Waals surface area contributed by atoms with Crippen molar-refractivity contribution in [2.75, 3.05) is 46.6 Å². The van der Waals surface area contributed by atoms with Crippen molar-refractivity contribution in [1.82, 2.24) is 8.87 Å². The smallest absolute Gasteiger partial charge is 0.338 e. The van der Waals surface area contributed by atoms with E-state index in [1.165, 1.54) is 0 Å². The van der Waals surface area contributed by atoms with Crippen LogP contribution in [-0.4, -0.2) is 75.7 Å². The van der Waals surface area contributed by atoms with Gasteiger partial charge in [0.1, 0.15) is 10.7 Å². The molecule has 0 aliphatic carbocycles. The summed E-state index contributed by atoms with van der Waals surface area (Å²) in [6.45, 7) is 6.16. The zero-order chi connectivity index (χ0) is 25.0. The minimum Gasteiger partial charge on any atom is -0.454 e. The summed E-state index contributed by atoms with van der Waals surface area (Å²) >= 11 is 0. The third kappa shape index (κ3) is 5.38. The van der Waals surface area contributed by atoms with Gasteiger partial charge in [-0.2, -0.15) is 4.31 Å². The highest BCUT2D eigenvalue weighted by atomic mass is 32.2. The fourth-order valence-electron chi connectivity index (χ4n) is 4.10. The summed E-state index contributed by atoms with van der Waals surface area (Å²) in [4.78, 5) is 24.7. The van der Waals surface area contributed by atoms with E-state index in [2.05, 4.69) is 0 Å². The number of morpholine rings is 1. The van der Waals surface area contributed by atoms with Crippen molar-refractivity contribution in [2.24, 2.45) is 0 Å². The maximum Gasteiger partial charge on any atom is 0.338 e. The lowest BCUT2D eigenvalue weighted by atomic mass is 10.1. The van der Waals surface area contributed by atoms with Crippen molar-refractivity contribution in [2.45, 2.75) is 31.7 Å². The molecule has 0 N–H and O–H groups in total. The highest BCUT2D eigenvalue weighted by molar-refractivity contribution is 7.89. The van der Waals surface area contributed by atoms with Gasteiger partial charge < -0.3 is 18.8 Å². The number of aromatic nitrogens is 1. The average Bonchev–Trinajstić information content (AvgIpc) is 3.12. The number of nitrogens with zero attached hydrogens (tertiary/aromatic N) is 2. The summed E-state index contributed by atoms with van der Waals surface area (Å²) < 4.78 is 58.6. The Balaban J connectivity index is 1.74. The number of carbonyl (C=O) groups excluding carboxylic acids is 2. The number of Topliss-reactive ketones (excluding diaryl/α,β-unsaturated/α-hetero) is 1. The molecule has 1 aliphatic rings. The number of methoxy groups -OCH3 is 1. The number of hydrogen-bond donors (Lipinski definition) is 0. The van der Waals surface area contributed by atoms with E-state index in [-0.39, 0.29) is 37.9 Å². The fraction of sp³-hybridized carbons (Fsp3) is 0.478. The lowest BCUT2D eigenvalue weighted by Crippen LogP contribution is -2.41. The van der Waals surface area contributed by atoms with Gasteiger partial charge in [0.2, 0.25) is 15.8 Å². The van der Waals surface area contributed by atoms with Crippen LogP contribution in [0.4, 0.5) is 4.39 Å². The van der Waals surface area contributed by atoms with Gasteiger partial charge in [-0.25, -0.2) is 17.6 Å². The van der Waals surface area contributed by atoms with Crippen molar-refractivity contribution in [3.05, 3.63) is 52.6 Å². The lowest BCUT2D eigenvalue weighted by Gasteiger charge is -2.26. The largest absolute Gasteiger partial charge is 0.454 e. The molecular formula is C23H29FN2O7S. The first-order chi connectivity index (χ1) is 16.1.